The Kier molecular flexibility index (Phi) is 2.69. The summed E-state index contributed by atoms with van der Waals surface area (Å²) in [6.07, 6.45) is 0. The molecule has 4 rings (SSSR count). The summed E-state index contributed by atoms with van der Waals surface area (Å²) in [6.45, 7) is 2.03. The van der Waals surface area contributed by atoms with Crippen molar-refractivity contribution in [3.05, 3.63) is 70.8 Å². The maximum atomic E-state index is 12.7. The molecule has 0 atom stereocenters. The highest BCUT2D eigenvalue weighted by Crippen LogP contribution is 2.28. The molecule has 0 fully saturated rings. The average Bonchev–Trinajstić information content (AvgIpc) is 3.11. The lowest BCUT2D eigenvalue weighted by atomic mass is 10.1. The van der Waals surface area contributed by atoms with Gasteiger partial charge in [0.25, 0.3) is 0 Å². The molecule has 0 saturated carbocycles. The van der Waals surface area contributed by atoms with Crippen LogP contribution in [0.25, 0.3) is 21.1 Å². The molecule has 2 aromatic heterocycles. The van der Waals surface area contributed by atoms with E-state index in [0.29, 0.717) is 11.3 Å². The van der Waals surface area contributed by atoms with E-state index in [4.69, 9.17) is 4.42 Å². The van der Waals surface area contributed by atoms with Crippen molar-refractivity contribution in [2.45, 2.75) is 6.92 Å². The molecular formula is C18H12O2S. The second-order valence-corrected chi connectivity index (χ2v) is 6.04. The first-order chi connectivity index (χ1) is 10.2. The average molecular weight is 292 g/mol. The minimum absolute atomic E-state index is 0.0584. The quantitative estimate of drug-likeness (QED) is 0.476. The van der Waals surface area contributed by atoms with Crippen molar-refractivity contribution in [3.63, 3.8) is 0 Å². The maximum absolute atomic E-state index is 12.7. The third kappa shape index (κ3) is 1.98. The fourth-order valence-electron chi connectivity index (χ4n) is 2.58. The Morgan fingerprint density at radius 2 is 1.95 bits per heavy atom. The number of hydrogen-bond donors (Lipinski definition) is 0. The molecule has 4 aromatic rings. The molecule has 0 radical (unpaired) electrons. The number of carbonyl (C=O) groups excluding carboxylic acids is 1. The van der Waals surface area contributed by atoms with Crippen LogP contribution in [0, 0.1) is 6.92 Å². The lowest BCUT2D eigenvalue weighted by molar-refractivity contribution is 0.101. The zero-order valence-corrected chi connectivity index (χ0v) is 12.2. The Hall–Kier alpha value is -2.39. The zero-order valence-electron chi connectivity index (χ0n) is 11.4. The van der Waals surface area contributed by atoms with Gasteiger partial charge in [0.05, 0.1) is 0 Å². The number of carbonyl (C=O) groups is 1. The summed E-state index contributed by atoms with van der Waals surface area (Å²) >= 11 is 1.58. The molecule has 0 bridgehead atoms. The van der Waals surface area contributed by atoms with Gasteiger partial charge in [-0.25, -0.2) is 0 Å². The minimum Gasteiger partial charge on any atom is -0.453 e. The molecule has 102 valence electrons. The number of thiophene rings is 1. The molecule has 0 amide bonds. The van der Waals surface area contributed by atoms with Crippen LogP contribution in [0.15, 0.2) is 58.3 Å². The predicted octanol–water partition coefficient (Wildman–Crippen LogP) is 5.19. The zero-order chi connectivity index (χ0) is 14.4. The van der Waals surface area contributed by atoms with Crippen LogP contribution in [0.4, 0.5) is 0 Å². The molecule has 3 heteroatoms. The number of hydrogen-bond acceptors (Lipinski definition) is 3. The van der Waals surface area contributed by atoms with E-state index in [1.54, 1.807) is 11.3 Å². The van der Waals surface area contributed by atoms with E-state index >= 15 is 0 Å². The molecule has 2 heterocycles. The summed E-state index contributed by atoms with van der Waals surface area (Å²) in [6, 6.07) is 15.6. The van der Waals surface area contributed by atoms with Gasteiger partial charge in [-0.2, -0.15) is 0 Å². The number of benzene rings is 2. The molecule has 0 unspecified atom stereocenters. The van der Waals surface area contributed by atoms with Crippen molar-refractivity contribution in [3.8, 4) is 0 Å². The first-order valence-electron chi connectivity index (χ1n) is 6.73. The van der Waals surface area contributed by atoms with Crippen molar-refractivity contribution in [1.29, 1.82) is 0 Å². The van der Waals surface area contributed by atoms with Crippen LogP contribution in [-0.4, -0.2) is 5.78 Å². The summed E-state index contributed by atoms with van der Waals surface area (Å²) in [4.78, 5) is 12.7. The van der Waals surface area contributed by atoms with Gasteiger partial charge >= 0.3 is 0 Å². The molecule has 2 aromatic carbocycles. The normalized spacial score (nSPS) is 11.3. The topological polar surface area (TPSA) is 30.2 Å². The van der Waals surface area contributed by atoms with E-state index in [9.17, 15) is 4.79 Å². The van der Waals surface area contributed by atoms with E-state index in [-0.39, 0.29) is 5.78 Å². The van der Waals surface area contributed by atoms with Crippen LogP contribution in [0.1, 0.15) is 21.7 Å². The second kappa shape index (κ2) is 4.57. The standard InChI is InChI=1S/C18H12O2S/c1-11-5-6-15-13(9-11)10-16(20-15)17(19)14-4-2-3-12-7-8-21-18(12)14/h2-10H,1H3. The minimum atomic E-state index is -0.0584. The van der Waals surface area contributed by atoms with Gasteiger partial charge in [0.15, 0.2) is 5.76 Å². The summed E-state index contributed by atoms with van der Waals surface area (Å²) in [5.74, 6) is 0.341. The van der Waals surface area contributed by atoms with Crippen LogP contribution >= 0.6 is 11.3 Å². The molecular weight excluding hydrogens is 280 g/mol. The SMILES string of the molecule is Cc1ccc2oc(C(=O)c3cccc4ccsc34)cc2c1. The summed E-state index contributed by atoms with van der Waals surface area (Å²) in [5, 5.41) is 4.07. The molecule has 0 aliphatic heterocycles. The Balaban J connectivity index is 1.87. The van der Waals surface area contributed by atoms with Crippen molar-refractivity contribution >= 4 is 38.2 Å². The lowest BCUT2D eigenvalue weighted by Gasteiger charge is -1.99. The number of furan rings is 1. The Bertz CT molecular complexity index is 975. The van der Waals surface area contributed by atoms with E-state index < -0.39 is 0 Å². The smallest absolute Gasteiger partial charge is 0.229 e. The summed E-state index contributed by atoms with van der Waals surface area (Å²) in [7, 11) is 0. The largest absolute Gasteiger partial charge is 0.453 e. The van der Waals surface area contributed by atoms with E-state index in [0.717, 1.165) is 26.6 Å². The van der Waals surface area contributed by atoms with Gasteiger partial charge in [0.2, 0.25) is 5.78 Å². The van der Waals surface area contributed by atoms with Gasteiger partial charge in [-0.15, -0.1) is 11.3 Å². The van der Waals surface area contributed by atoms with Gasteiger partial charge in [-0.3, -0.25) is 4.79 Å². The second-order valence-electron chi connectivity index (χ2n) is 5.13. The molecule has 0 aliphatic rings. The Morgan fingerprint density at radius 3 is 2.86 bits per heavy atom. The summed E-state index contributed by atoms with van der Waals surface area (Å²) < 4.78 is 6.73. The van der Waals surface area contributed by atoms with Crippen LogP contribution in [0.2, 0.25) is 0 Å². The molecule has 0 aliphatic carbocycles. The third-order valence-electron chi connectivity index (χ3n) is 3.62. The first kappa shape index (κ1) is 12.4. The summed E-state index contributed by atoms with van der Waals surface area (Å²) in [5.41, 5.74) is 2.61. The van der Waals surface area contributed by atoms with Crippen molar-refractivity contribution in [2.24, 2.45) is 0 Å². The molecule has 21 heavy (non-hydrogen) atoms. The van der Waals surface area contributed by atoms with E-state index in [2.05, 4.69) is 0 Å². The van der Waals surface area contributed by atoms with Gasteiger partial charge in [-0.05, 0) is 48.0 Å². The molecule has 0 spiro atoms. The van der Waals surface area contributed by atoms with Gasteiger partial charge in [-0.1, -0.05) is 23.8 Å². The highest BCUT2D eigenvalue weighted by molar-refractivity contribution is 7.17. The van der Waals surface area contributed by atoms with Crippen LogP contribution in [0.5, 0.6) is 0 Å². The fraction of sp³-hybridized carbons (Fsp3) is 0.0556. The van der Waals surface area contributed by atoms with Gasteiger partial charge in [0, 0.05) is 15.6 Å². The van der Waals surface area contributed by atoms with Crippen LogP contribution < -0.4 is 0 Å². The highest BCUT2D eigenvalue weighted by Gasteiger charge is 2.17. The molecule has 2 nitrogen and oxygen atoms in total. The number of fused-ring (bicyclic) bond motifs is 2. The maximum Gasteiger partial charge on any atom is 0.229 e. The van der Waals surface area contributed by atoms with Gasteiger partial charge in [0.1, 0.15) is 5.58 Å². The molecule has 0 N–H and O–H groups in total. The number of ketones is 1. The number of rotatable bonds is 2. The van der Waals surface area contributed by atoms with Crippen molar-refractivity contribution < 1.29 is 9.21 Å². The monoisotopic (exact) mass is 292 g/mol. The van der Waals surface area contributed by atoms with Crippen LogP contribution in [0.3, 0.4) is 0 Å². The molecule has 0 saturated heterocycles. The fourth-order valence-corrected chi connectivity index (χ4v) is 3.49. The van der Waals surface area contributed by atoms with Gasteiger partial charge < -0.3 is 4.42 Å². The van der Waals surface area contributed by atoms with E-state index in [1.807, 2.05) is 60.8 Å². The predicted molar refractivity (Wildman–Crippen MR) is 86.2 cm³/mol. The Morgan fingerprint density at radius 1 is 1.05 bits per heavy atom. The van der Waals surface area contributed by atoms with Crippen molar-refractivity contribution in [2.75, 3.05) is 0 Å². The lowest BCUT2D eigenvalue weighted by Crippen LogP contribution is -1.99. The van der Waals surface area contributed by atoms with E-state index in [1.165, 1.54) is 0 Å². The Labute approximate surface area is 125 Å². The number of aryl methyl sites for hydroxylation is 1. The highest BCUT2D eigenvalue weighted by atomic mass is 32.1. The first-order valence-corrected chi connectivity index (χ1v) is 7.61. The van der Waals surface area contributed by atoms with Crippen molar-refractivity contribution in [1.82, 2.24) is 0 Å². The third-order valence-corrected chi connectivity index (χ3v) is 4.58. The van der Waals surface area contributed by atoms with Crippen LogP contribution in [-0.2, 0) is 0 Å².